The van der Waals surface area contributed by atoms with Crippen LogP contribution in [0.15, 0.2) is 23.1 Å². The van der Waals surface area contributed by atoms with Crippen molar-refractivity contribution in [3.8, 4) is 0 Å². The minimum atomic E-state index is -3.92. The molecule has 2 aromatic rings. The van der Waals surface area contributed by atoms with Gasteiger partial charge in [0.2, 0.25) is 0 Å². The summed E-state index contributed by atoms with van der Waals surface area (Å²) >= 11 is 0. The molecule has 1 fully saturated rings. The van der Waals surface area contributed by atoms with Gasteiger partial charge in [0.25, 0.3) is 15.9 Å². The van der Waals surface area contributed by atoms with Gasteiger partial charge in [0.05, 0.1) is 11.3 Å². The fourth-order valence-corrected chi connectivity index (χ4v) is 6.55. The van der Waals surface area contributed by atoms with Crippen molar-refractivity contribution >= 4 is 21.6 Å². The summed E-state index contributed by atoms with van der Waals surface area (Å²) in [5.41, 5.74) is 4.53. The summed E-state index contributed by atoms with van der Waals surface area (Å²) in [5, 5.41) is 0. The van der Waals surface area contributed by atoms with Gasteiger partial charge in [-0.1, -0.05) is 19.1 Å². The number of hydrogen-bond acceptors (Lipinski definition) is 3. The molecule has 1 N–H and O–H groups in total. The lowest BCUT2D eigenvalue weighted by Gasteiger charge is -2.30. The quantitative estimate of drug-likeness (QED) is 0.770. The van der Waals surface area contributed by atoms with Gasteiger partial charge in [-0.15, -0.1) is 0 Å². The minimum absolute atomic E-state index is 0.115. The Morgan fingerprint density at radius 1 is 1.06 bits per heavy atom. The molecule has 1 saturated heterocycles. The highest BCUT2D eigenvalue weighted by Crippen LogP contribution is 2.33. The molecule has 31 heavy (non-hydrogen) atoms. The number of carbonyl (C=O) groups excluding carboxylic acids is 1. The van der Waals surface area contributed by atoms with E-state index in [1.807, 2.05) is 35.6 Å². The molecule has 7 heteroatoms. The maximum atomic E-state index is 13.6. The second-order valence-corrected chi connectivity index (χ2v) is 10.8. The molecule has 0 atom stereocenters. The Hall–Kier alpha value is -2.28. The molecular formula is C24H33N3O3S. The Morgan fingerprint density at radius 3 is 2.45 bits per heavy atom. The number of sulfonamides is 1. The number of carbonyl (C=O) groups is 1. The van der Waals surface area contributed by atoms with Gasteiger partial charge in [-0.3, -0.25) is 9.52 Å². The number of hydrogen-bond donors (Lipinski definition) is 1. The zero-order valence-electron chi connectivity index (χ0n) is 19.0. The zero-order valence-corrected chi connectivity index (χ0v) is 19.8. The first-order valence-corrected chi connectivity index (χ1v) is 12.8. The average Bonchev–Trinajstić information content (AvgIpc) is 2.98. The normalized spacial score (nSPS) is 17.5. The van der Waals surface area contributed by atoms with E-state index >= 15 is 0 Å². The van der Waals surface area contributed by atoms with E-state index in [0.29, 0.717) is 41.6 Å². The van der Waals surface area contributed by atoms with Gasteiger partial charge in [-0.05, 0) is 75.5 Å². The number of rotatable bonds is 4. The molecule has 0 radical (unpaired) electrons. The highest BCUT2D eigenvalue weighted by molar-refractivity contribution is 7.92. The van der Waals surface area contributed by atoms with Crippen molar-refractivity contribution in [2.45, 2.75) is 64.2 Å². The van der Waals surface area contributed by atoms with Crippen molar-refractivity contribution in [1.29, 1.82) is 0 Å². The molecule has 1 amide bonds. The van der Waals surface area contributed by atoms with Gasteiger partial charge < -0.3 is 9.47 Å². The maximum absolute atomic E-state index is 13.6. The maximum Gasteiger partial charge on any atom is 0.264 e. The fourth-order valence-electron chi connectivity index (χ4n) is 4.94. The van der Waals surface area contributed by atoms with E-state index in [2.05, 4.69) is 17.7 Å². The van der Waals surface area contributed by atoms with Gasteiger partial charge >= 0.3 is 0 Å². The zero-order chi connectivity index (χ0) is 22.3. The first kappa shape index (κ1) is 21.9. The number of anilines is 1. The third-order valence-corrected chi connectivity index (χ3v) is 8.64. The Balaban J connectivity index is 1.74. The van der Waals surface area contributed by atoms with Crippen LogP contribution in [0, 0.1) is 19.8 Å². The lowest BCUT2D eigenvalue weighted by atomic mass is 9.91. The summed E-state index contributed by atoms with van der Waals surface area (Å²) in [6, 6.07) is 5.82. The Labute approximate surface area is 185 Å². The molecule has 4 rings (SSSR count). The van der Waals surface area contributed by atoms with E-state index in [1.54, 1.807) is 6.92 Å². The van der Waals surface area contributed by atoms with E-state index in [9.17, 15) is 13.2 Å². The number of fused-ring (bicyclic) bond motifs is 1. The highest BCUT2D eigenvalue weighted by Gasteiger charge is 2.34. The molecule has 2 aliphatic rings. The third kappa shape index (κ3) is 4.00. The van der Waals surface area contributed by atoms with Crippen molar-refractivity contribution < 1.29 is 13.2 Å². The van der Waals surface area contributed by atoms with Gasteiger partial charge in [0.15, 0.2) is 0 Å². The van der Waals surface area contributed by atoms with E-state index in [-0.39, 0.29) is 10.8 Å². The molecule has 2 heterocycles. The lowest BCUT2D eigenvalue weighted by Crippen LogP contribution is -2.38. The van der Waals surface area contributed by atoms with Crippen molar-refractivity contribution in [3.05, 3.63) is 46.3 Å². The predicted octanol–water partition coefficient (Wildman–Crippen LogP) is 4.19. The van der Waals surface area contributed by atoms with Crippen molar-refractivity contribution in [1.82, 2.24) is 9.47 Å². The second-order valence-electron chi connectivity index (χ2n) is 9.16. The van der Waals surface area contributed by atoms with E-state index in [4.69, 9.17) is 0 Å². The van der Waals surface area contributed by atoms with Crippen LogP contribution in [0.3, 0.4) is 0 Å². The van der Waals surface area contributed by atoms with Crippen LogP contribution in [0.25, 0.3) is 0 Å². The van der Waals surface area contributed by atoms with Crippen molar-refractivity contribution in [3.63, 3.8) is 0 Å². The molecule has 168 valence electrons. The number of aromatic nitrogens is 1. The van der Waals surface area contributed by atoms with Gasteiger partial charge in [0.1, 0.15) is 4.90 Å². The lowest BCUT2D eigenvalue weighted by molar-refractivity contribution is 0.0692. The van der Waals surface area contributed by atoms with Crippen LogP contribution >= 0.6 is 0 Å². The van der Waals surface area contributed by atoms with Crippen LogP contribution in [0.5, 0.6) is 0 Å². The SMILES string of the molecule is Cc1c(C(=O)N2CCC(C)CC2)c(S(=O)(=O)Nc2cccc3c2CCCC3)c(C)n1C. The van der Waals surface area contributed by atoms with Crippen molar-refractivity contribution in [2.24, 2.45) is 13.0 Å². The Morgan fingerprint density at radius 2 is 1.74 bits per heavy atom. The Kier molecular flexibility index (Phi) is 5.90. The smallest absolute Gasteiger partial charge is 0.264 e. The molecule has 0 unspecified atom stereocenters. The Bertz CT molecular complexity index is 1110. The molecule has 0 bridgehead atoms. The highest BCUT2D eigenvalue weighted by atomic mass is 32.2. The first-order chi connectivity index (χ1) is 14.7. The summed E-state index contributed by atoms with van der Waals surface area (Å²) in [7, 11) is -2.10. The second kappa shape index (κ2) is 8.34. The van der Waals surface area contributed by atoms with Crippen LogP contribution in [-0.4, -0.2) is 36.9 Å². The number of amides is 1. The van der Waals surface area contributed by atoms with E-state index in [1.165, 1.54) is 5.56 Å². The standard InChI is InChI=1S/C24H33N3O3S/c1-16-12-14-27(15-13-16)24(28)22-17(2)26(4)18(3)23(22)31(29,30)25-21-11-7-9-19-8-5-6-10-20(19)21/h7,9,11,16,25H,5-6,8,10,12-15H2,1-4H3. The molecule has 1 aromatic carbocycles. The summed E-state index contributed by atoms with van der Waals surface area (Å²) < 4.78 is 31.9. The topological polar surface area (TPSA) is 71.4 Å². The third-order valence-electron chi connectivity index (χ3n) is 7.12. The van der Waals surface area contributed by atoms with Gasteiger partial charge in [-0.2, -0.15) is 0 Å². The summed E-state index contributed by atoms with van der Waals surface area (Å²) in [6.07, 6.45) is 5.95. The molecule has 1 aliphatic carbocycles. The number of benzene rings is 1. The largest absolute Gasteiger partial charge is 0.350 e. The van der Waals surface area contributed by atoms with E-state index < -0.39 is 10.0 Å². The summed E-state index contributed by atoms with van der Waals surface area (Å²) in [5.74, 6) is 0.417. The average molecular weight is 444 g/mol. The monoisotopic (exact) mass is 443 g/mol. The predicted molar refractivity (Wildman–Crippen MR) is 123 cm³/mol. The number of aryl methyl sites for hydroxylation is 1. The number of likely N-dealkylation sites (tertiary alicyclic amines) is 1. The molecule has 1 aliphatic heterocycles. The minimum Gasteiger partial charge on any atom is -0.350 e. The molecule has 0 saturated carbocycles. The number of nitrogens with zero attached hydrogens (tertiary/aromatic N) is 2. The van der Waals surface area contributed by atoms with Crippen molar-refractivity contribution in [2.75, 3.05) is 17.8 Å². The van der Waals surface area contributed by atoms with Crippen LogP contribution in [0.4, 0.5) is 5.69 Å². The molecule has 6 nitrogen and oxygen atoms in total. The molecular weight excluding hydrogens is 410 g/mol. The number of nitrogens with one attached hydrogen (secondary N) is 1. The van der Waals surface area contributed by atoms with Gasteiger partial charge in [-0.25, -0.2) is 8.42 Å². The van der Waals surface area contributed by atoms with Crippen LogP contribution in [0.1, 0.15) is 65.5 Å². The van der Waals surface area contributed by atoms with Crippen LogP contribution in [0.2, 0.25) is 0 Å². The van der Waals surface area contributed by atoms with E-state index in [0.717, 1.165) is 44.1 Å². The van der Waals surface area contributed by atoms with Crippen LogP contribution in [-0.2, 0) is 29.9 Å². The summed E-state index contributed by atoms with van der Waals surface area (Å²) in [4.78, 5) is 15.4. The molecule has 1 aromatic heterocycles. The fraction of sp³-hybridized carbons (Fsp3) is 0.542. The van der Waals surface area contributed by atoms with Gasteiger partial charge in [0, 0.05) is 31.5 Å². The number of piperidine rings is 1. The molecule has 0 spiro atoms. The van der Waals surface area contributed by atoms with Crippen LogP contribution < -0.4 is 4.72 Å². The first-order valence-electron chi connectivity index (χ1n) is 11.3. The summed E-state index contributed by atoms with van der Waals surface area (Å²) in [6.45, 7) is 7.15.